The molecule has 2 aromatic carbocycles. The molecule has 0 saturated carbocycles. The van der Waals surface area contributed by atoms with Gasteiger partial charge in [0.05, 0.1) is 5.56 Å². The van der Waals surface area contributed by atoms with Crippen molar-refractivity contribution in [3.63, 3.8) is 0 Å². The Bertz CT molecular complexity index is 707. The van der Waals surface area contributed by atoms with E-state index in [4.69, 9.17) is 0 Å². The number of carbonyl (C=O) groups is 1. The molecule has 3 rings (SSSR count). The number of para-hydroxylation sites is 1. The second-order valence-corrected chi connectivity index (χ2v) is 6.48. The number of piperidine rings is 1. The van der Waals surface area contributed by atoms with Crippen LogP contribution in [0.3, 0.4) is 0 Å². The Morgan fingerprint density at radius 3 is 2.40 bits per heavy atom. The Hall–Kier alpha value is -2.53. The molecule has 0 atom stereocenters. The second kappa shape index (κ2) is 8.03. The summed E-state index contributed by atoms with van der Waals surface area (Å²) in [6.45, 7) is 2.63. The predicted octanol–water partition coefficient (Wildman–Crippen LogP) is 2.53. The minimum Gasteiger partial charge on any atom is -0.507 e. The first-order valence-corrected chi connectivity index (χ1v) is 8.68. The first kappa shape index (κ1) is 17.3. The molecule has 0 aliphatic carbocycles. The number of hydrogen-bond donors (Lipinski definition) is 3. The second-order valence-electron chi connectivity index (χ2n) is 6.48. The molecular weight excluding hydrogens is 316 g/mol. The molecule has 1 aliphatic rings. The topological polar surface area (TPSA) is 72.8 Å². The van der Waals surface area contributed by atoms with Gasteiger partial charge in [0.1, 0.15) is 5.75 Å². The number of aromatic hydroxyl groups is 1. The van der Waals surface area contributed by atoms with Gasteiger partial charge in [-0.25, -0.2) is 0 Å². The fraction of sp³-hybridized carbons (Fsp3) is 0.350. The molecule has 1 fully saturated rings. The zero-order valence-corrected chi connectivity index (χ0v) is 14.2. The van der Waals surface area contributed by atoms with Gasteiger partial charge in [0.2, 0.25) is 0 Å². The van der Waals surface area contributed by atoms with Crippen LogP contribution in [0, 0.1) is 5.92 Å². The Labute approximate surface area is 147 Å². The van der Waals surface area contributed by atoms with Gasteiger partial charge in [-0.15, -0.1) is 0 Å². The van der Waals surface area contributed by atoms with Crippen molar-refractivity contribution in [1.29, 1.82) is 0 Å². The number of anilines is 1. The maximum atomic E-state index is 12.1. The van der Waals surface area contributed by atoms with Crippen LogP contribution in [0.25, 0.3) is 0 Å². The van der Waals surface area contributed by atoms with Crippen LogP contribution in [0.1, 0.15) is 28.8 Å². The van der Waals surface area contributed by atoms with Gasteiger partial charge in [0, 0.05) is 31.9 Å². The lowest BCUT2D eigenvalue weighted by Crippen LogP contribution is -2.34. The molecule has 0 spiro atoms. The van der Waals surface area contributed by atoms with Crippen LogP contribution in [-0.2, 0) is 6.54 Å². The molecular formula is C20H24N2O3. The van der Waals surface area contributed by atoms with E-state index in [1.807, 2.05) is 12.1 Å². The molecule has 1 heterocycles. The number of phenolic OH excluding ortho intramolecular Hbond substituents is 1. The molecule has 1 amide bonds. The zero-order valence-electron chi connectivity index (χ0n) is 14.2. The van der Waals surface area contributed by atoms with E-state index >= 15 is 0 Å². The van der Waals surface area contributed by atoms with E-state index in [9.17, 15) is 15.0 Å². The number of hydrogen-bond acceptors (Lipinski definition) is 4. The van der Waals surface area contributed by atoms with E-state index in [1.165, 1.54) is 11.8 Å². The summed E-state index contributed by atoms with van der Waals surface area (Å²) in [7, 11) is 0. The van der Waals surface area contributed by atoms with Gasteiger partial charge in [-0.3, -0.25) is 4.79 Å². The van der Waals surface area contributed by atoms with Gasteiger partial charge in [-0.05, 0) is 48.6 Å². The summed E-state index contributed by atoms with van der Waals surface area (Å²) in [5.74, 6) is 0.134. The van der Waals surface area contributed by atoms with Crippen LogP contribution < -0.4 is 10.2 Å². The van der Waals surface area contributed by atoms with Gasteiger partial charge >= 0.3 is 0 Å². The summed E-state index contributed by atoms with van der Waals surface area (Å²) in [6.07, 6.45) is 2.05. The van der Waals surface area contributed by atoms with E-state index in [2.05, 4.69) is 22.3 Å². The molecule has 0 unspecified atom stereocenters. The van der Waals surface area contributed by atoms with Crippen molar-refractivity contribution in [3.8, 4) is 5.75 Å². The predicted molar refractivity (Wildman–Crippen MR) is 97.7 cm³/mol. The Morgan fingerprint density at radius 1 is 1.08 bits per heavy atom. The van der Waals surface area contributed by atoms with Gasteiger partial charge < -0.3 is 20.4 Å². The highest BCUT2D eigenvalue weighted by atomic mass is 16.3. The molecule has 0 radical (unpaired) electrons. The maximum absolute atomic E-state index is 12.1. The molecule has 25 heavy (non-hydrogen) atoms. The number of nitrogens with one attached hydrogen (secondary N) is 1. The molecule has 1 aliphatic heterocycles. The number of aliphatic hydroxyl groups is 1. The molecule has 132 valence electrons. The summed E-state index contributed by atoms with van der Waals surface area (Å²) in [4.78, 5) is 14.4. The van der Waals surface area contributed by atoms with Crippen LogP contribution >= 0.6 is 0 Å². The fourth-order valence-corrected chi connectivity index (χ4v) is 3.14. The van der Waals surface area contributed by atoms with Crippen LogP contribution in [0.5, 0.6) is 5.75 Å². The normalized spacial score (nSPS) is 15.2. The third-order valence-corrected chi connectivity index (χ3v) is 4.78. The molecule has 5 heteroatoms. The average Bonchev–Trinajstić information content (AvgIpc) is 2.67. The number of phenols is 1. The SMILES string of the molecule is O=C(NCc1ccc(N2CCC(CO)CC2)cc1)c1ccccc1O. The monoisotopic (exact) mass is 340 g/mol. The largest absolute Gasteiger partial charge is 0.507 e. The summed E-state index contributed by atoms with van der Waals surface area (Å²) in [6, 6.07) is 14.7. The minimum atomic E-state index is -0.284. The quantitative estimate of drug-likeness (QED) is 0.782. The van der Waals surface area contributed by atoms with Crippen LogP contribution in [-0.4, -0.2) is 35.8 Å². The molecule has 2 aromatic rings. The first-order valence-electron chi connectivity index (χ1n) is 8.68. The lowest BCUT2D eigenvalue weighted by Gasteiger charge is -2.33. The van der Waals surface area contributed by atoms with Crippen molar-refractivity contribution in [2.75, 3.05) is 24.6 Å². The van der Waals surface area contributed by atoms with Crippen molar-refractivity contribution in [1.82, 2.24) is 5.32 Å². The molecule has 1 saturated heterocycles. The third-order valence-electron chi connectivity index (χ3n) is 4.78. The Morgan fingerprint density at radius 2 is 1.76 bits per heavy atom. The number of nitrogens with zero attached hydrogens (tertiary/aromatic N) is 1. The van der Waals surface area contributed by atoms with Crippen molar-refractivity contribution in [2.24, 2.45) is 5.92 Å². The third kappa shape index (κ3) is 4.31. The Balaban J connectivity index is 1.54. The molecule has 0 bridgehead atoms. The fourth-order valence-electron chi connectivity index (χ4n) is 3.14. The van der Waals surface area contributed by atoms with Crippen molar-refractivity contribution >= 4 is 11.6 Å². The van der Waals surface area contributed by atoms with Gasteiger partial charge in [-0.2, -0.15) is 0 Å². The van der Waals surface area contributed by atoms with E-state index in [0.29, 0.717) is 12.5 Å². The standard InChI is InChI=1S/C20H24N2O3/c23-14-16-9-11-22(12-10-16)17-7-5-15(6-8-17)13-21-20(25)18-3-1-2-4-19(18)24/h1-8,16,23-24H,9-14H2,(H,21,25). The molecule has 0 aromatic heterocycles. The molecule has 3 N–H and O–H groups in total. The average molecular weight is 340 g/mol. The van der Waals surface area contributed by atoms with Crippen LogP contribution in [0.15, 0.2) is 48.5 Å². The number of aliphatic hydroxyl groups excluding tert-OH is 1. The first-order chi connectivity index (χ1) is 12.2. The minimum absolute atomic E-state index is 0.0124. The lowest BCUT2D eigenvalue weighted by atomic mass is 9.97. The number of amides is 1. The van der Waals surface area contributed by atoms with Gasteiger partial charge in [0.25, 0.3) is 5.91 Å². The van der Waals surface area contributed by atoms with E-state index in [0.717, 1.165) is 31.5 Å². The summed E-state index contributed by atoms with van der Waals surface area (Å²) in [5.41, 5.74) is 2.47. The van der Waals surface area contributed by atoms with Crippen LogP contribution in [0.4, 0.5) is 5.69 Å². The van der Waals surface area contributed by atoms with Crippen molar-refractivity contribution in [3.05, 3.63) is 59.7 Å². The summed E-state index contributed by atoms with van der Waals surface area (Å²) >= 11 is 0. The Kier molecular flexibility index (Phi) is 5.56. The highest BCUT2D eigenvalue weighted by molar-refractivity contribution is 5.96. The van der Waals surface area contributed by atoms with Crippen molar-refractivity contribution in [2.45, 2.75) is 19.4 Å². The van der Waals surface area contributed by atoms with E-state index in [1.54, 1.807) is 18.2 Å². The van der Waals surface area contributed by atoms with E-state index < -0.39 is 0 Å². The summed E-state index contributed by atoms with van der Waals surface area (Å²) < 4.78 is 0. The lowest BCUT2D eigenvalue weighted by molar-refractivity contribution is 0.0948. The van der Waals surface area contributed by atoms with Gasteiger partial charge in [-0.1, -0.05) is 24.3 Å². The maximum Gasteiger partial charge on any atom is 0.255 e. The van der Waals surface area contributed by atoms with E-state index in [-0.39, 0.29) is 23.8 Å². The number of rotatable bonds is 5. The van der Waals surface area contributed by atoms with Gasteiger partial charge in [0.15, 0.2) is 0 Å². The van der Waals surface area contributed by atoms with Crippen LogP contribution in [0.2, 0.25) is 0 Å². The smallest absolute Gasteiger partial charge is 0.255 e. The zero-order chi connectivity index (χ0) is 17.6. The number of carbonyl (C=O) groups excluding carboxylic acids is 1. The highest BCUT2D eigenvalue weighted by Gasteiger charge is 2.18. The number of benzene rings is 2. The summed E-state index contributed by atoms with van der Waals surface area (Å²) in [5, 5.41) is 21.8. The molecule has 5 nitrogen and oxygen atoms in total. The highest BCUT2D eigenvalue weighted by Crippen LogP contribution is 2.23. The van der Waals surface area contributed by atoms with Crippen molar-refractivity contribution < 1.29 is 15.0 Å².